The number of hydrogen-bond donors (Lipinski definition) is 0. The summed E-state index contributed by atoms with van der Waals surface area (Å²) in [7, 11) is -3.46. The van der Waals surface area contributed by atoms with Crippen LogP contribution < -0.4 is 0 Å². The molecule has 3 rings (SSSR count). The molecule has 5 heteroatoms. The molecule has 0 saturated carbocycles. The molecule has 2 atom stereocenters. The summed E-state index contributed by atoms with van der Waals surface area (Å²) in [6, 6.07) is 7.48. The zero-order chi connectivity index (χ0) is 14.3. The van der Waals surface area contributed by atoms with E-state index in [9.17, 15) is 13.2 Å². The smallest absolute Gasteiger partial charge is 0.302 e. The van der Waals surface area contributed by atoms with Gasteiger partial charge in [0.1, 0.15) is 11.9 Å². The van der Waals surface area contributed by atoms with Gasteiger partial charge in [0, 0.05) is 12.8 Å². The van der Waals surface area contributed by atoms with E-state index in [1.54, 1.807) is 6.08 Å². The average Bonchev–Trinajstić information content (AvgIpc) is 2.68. The highest BCUT2D eigenvalue weighted by Crippen LogP contribution is 2.46. The zero-order valence-corrected chi connectivity index (χ0v) is 11.8. The van der Waals surface area contributed by atoms with Crippen molar-refractivity contribution < 1.29 is 17.9 Å². The van der Waals surface area contributed by atoms with Gasteiger partial charge in [-0.05, 0) is 11.1 Å². The molecular weight excluding hydrogens is 276 g/mol. The van der Waals surface area contributed by atoms with Crippen LogP contribution >= 0.6 is 0 Å². The van der Waals surface area contributed by atoms with Gasteiger partial charge >= 0.3 is 5.97 Å². The van der Waals surface area contributed by atoms with Crippen LogP contribution in [0.3, 0.4) is 0 Å². The molecule has 4 nitrogen and oxygen atoms in total. The number of sulfone groups is 1. The molecule has 1 aliphatic carbocycles. The molecule has 0 radical (unpaired) electrons. The average molecular weight is 290 g/mol. The van der Waals surface area contributed by atoms with Gasteiger partial charge in [-0.25, -0.2) is 8.42 Å². The Morgan fingerprint density at radius 2 is 2.05 bits per heavy atom. The second kappa shape index (κ2) is 4.59. The van der Waals surface area contributed by atoms with Crippen molar-refractivity contribution in [1.29, 1.82) is 0 Å². The molecular formula is C15H14O4S. The number of benzene rings is 1. The van der Waals surface area contributed by atoms with Gasteiger partial charge < -0.3 is 4.74 Å². The second-order valence-electron chi connectivity index (χ2n) is 4.94. The third-order valence-electron chi connectivity index (χ3n) is 3.65. The highest BCUT2D eigenvalue weighted by molar-refractivity contribution is 7.95. The number of esters is 1. The maximum Gasteiger partial charge on any atom is 0.302 e. The van der Waals surface area contributed by atoms with E-state index in [1.165, 1.54) is 6.92 Å². The Morgan fingerprint density at radius 3 is 2.80 bits per heavy atom. The number of carbonyl (C=O) groups is 1. The maximum atomic E-state index is 12.6. The van der Waals surface area contributed by atoms with Gasteiger partial charge in [0.2, 0.25) is 0 Å². The van der Waals surface area contributed by atoms with Crippen LogP contribution in [0.2, 0.25) is 0 Å². The monoisotopic (exact) mass is 290 g/mol. The summed E-state index contributed by atoms with van der Waals surface area (Å²) < 4.78 is 30.1. The van der Waals surface area contributed by atoms with Crippen molar-refractivity contribution in [3.63, 3.8) is 0 Å². The Bertz CT molecular complexity index is 728. The molecule has 2 unspecified atom stereocenters. The lowest BCUT2D eigenvalue weighted by Gasteiger charge is -2.22. The van der Waals surface area contributed by atoms with Crippen molar-refractivity contribution in [3.8, 4) is 0 Å². The van der Waals surface area contributed by atoms with Crippen molar-refractivity contribution in [1.82, 2.24) is 0 Å². The Hall–Kier alpha value is -1.88. The summed E-state index contributed by atoms with van der Waals surface area (Å²) in [5, 5.41) is -0.589. The lowest BCUT2D eigenvalue weighted by molar-refractivity contribution is -0.139. The molecule has 104 valence electrons. The van der Waals surface area contributed by atoms with Crippen LogP contribution in [0, 0.1) is 5.92 Å². The van der Waals surface area contributed by atoms with Gasteiger partial charge in [-0.2, -0.15) is 0 Å². The molecule has 0 amide bonds. The molecule has 0 N–H and O–H groups in total. The number of carbonyl (C=O) groups excluding carboxylic acids is 1. The minimum absolute atomic E-state index is 0.180. The SMILES string of the molecule is CC(=O)OCC1=CC2C=Cc3ccccc3C2S1(=O)=O. The number of fused-ring (bicyclic) bond motifs is 3. The maximum absolute atomic E-state index is 12.6. The van der Waals surface area contributed by atoms with E-state index in [1.807, 2.05) is 36.4 Å². The number of hydrogen-bond acceptors (Lipinski definition) is 4. The highest BCUT2D eigenvalue weighted by atomic mass is 32.2. The Labute approximate surface area is 117 Å². The fourth-order valence-electron chi connectivity index (χ4n) is 2.74. The normalized spacial score (nSPS) is 25.6. The highest BCUT2D eigenvalue weighted by Gasteiger charge is 2.43. The molecule has 1 aromatic rings. The van der Waals surface area contributed by atoms with Crippen molar-refractivity contribution in [2.45, 2.75) is 12.2 Å². The van der Waals surface area contributed by atoms with Crippen LogP contribution in [0.1, 0.15) is 23.3 Å². The molecule has 1 aliphatic heterocycles. The van der Waals surface area contributed by atoms with Gasteiger partial charge in [0.25, 0.3) is 0 Å². The third-order valence-corrected chi connectivity index (χ3v) is 5.87. The lowest BCUT2D eigenvalue weighted by Crippen LogP contribution is -2.19. The Morgan fingerprint density at radius 1 is 1.30 bits per heavy atom. The number of allylic oxidation sites excluding steroid dienone is 2. The summed E-state index contributed by atoms with van der Waals surface area (Å²) in [4.78, 5) is 11.1. The first kappa shape index (κ1) is 13.1. The van der Waals surface area contributed by atoms with Gasteiger partial charge in [-0.15, -0.1) is 0 Å². The van der Waals surface area contributed by atoms with E-state index in [-0.39, 0.29) is 17.4 Å². The van der Waals surface area contributed by atoms with E-state index in [0.29, 0.717) is 0 Å². The zero-order valence-electron chi connectivity index (χ0n) is 10.9. The Kier molecular flexibility index (Phi) is 3.01. The summed E-state index contributed by atoms with van der Waals surface area (Å²) in [6.07, 6.45) is 5.53. The van der Waals surface area contributed by atoms with Gasteiger partial charge in [0.15, 0.2) is 9.84 Å². The first-order chi connectivity index (χ1) is 9.50. The molecule has 0 aromatic heterocycles. The number of rotatable bonds is 2. The van der Waals surface area contributed by atoms with E-state index in [2.05, 4.69) is 0 Å². The van der Waals surface area contributed by atoms with Gasteiger partial charge in [-0.3, -0.25) is 4.79 Å². The first-order valence-electron chi connectivity index (χ1n) is 6.35. The number of ether oxygens (including phenoxy) is 1. The molecule has 2 aliphatic rings. The van der Waals surface area contributed by atoms with Crippen LogP contribution in [-0.4, -0.2) is 21.0 Å². The fourth-order valence-corrected chi connectivity index (χ4v) is 4.77. The van der Waals surface area contributed by atoms with Gasteiger partial charge in [0.05, 0.1) is 4.91 Å². The van der Waals surface area contributed by atoms with Crippen LogP contribution in [0.4, 0.5) is 0 Å². The Balaban J connectivity index is 2.00. The molecule has 0 bridgehead atoms. The van der Waals surface area contributed by atoms with Gasteiger partial charge in [-0.1, -0.05) is 42.5 Å². The predicted octanol–water partition coefficient (Wildman–Crippen LogP) is 2.25. The molecule has 0 fully saturated rings. The summed E-state index contributed by atoms with van der Waals surface area (Å²) in [5.74, 6) is -0.660. The largest absolute Gasteiger partial charge is 0.460 e. The van der Waals surface area contributed by atoms with E-state index < -0.39 is 21.1 Å². The molecule has 0 saturated heterocycles. The van der Waals surface area contributed by atoms with E-state index in [4.69, 9.17) is 4.74 Å². The topological polar surface area (TPSA) is 60.4 Å². The van der Waals surface area contributed by atoms with Crippen molar-refractivity contribution >= 4 is 21.9 Å². The van der Waals surface area contributed by atoms with Crippen molar-refractivity contribution in [2.75, 3.05) is 6.61 Å². The minimum atomic E-state index is -3.46. The van der Waals surface area contributed by atoms with Crippen LogP contribution in [-0.2, 0) is 19.4 Å². The van der Waals surface area contributed by atoms with Crippen LogP contribution in [0.15, 0.2) is 41.3 Å². The molecule has 1 aromatic carbocycles. The lowest BCUT2D eigenvalue weighted by atomic mass is 9.89. The first-order valence-corrected chi connectivity index (χ1v) is 7.90. The fraction of sp³-hybridized carbons (Fsp3) is 0.267. The quantitative estimate of drug-likeness (QED) is 0.784. The second-order valence-corrected chi connectivity index (χ2v) is 7.07. The standard InChI is InChI=1S/C15H14O4S/c1-10(16)19-9-13-8-12-7-6-11-4-2-3-5-14(11)15(12)20(13,17)18/h2-8,12,15H,9H2,1H3. The van der Waals surface area contributed by atoms with E-state index >= 15 is 0 Å². The minimum Gasteiger partial charge on any atom is -0.460 e. The summed E-state index contributed by atoms with van der Waals surface area (Å²) in [6.45, 7) is 1.09. The molecule has 0 spiro atoms. The summed E-state index contributed by atoms with van der Waals surface area (Å²) in [5.41, 5.74) is 1.74. The molecule has 1 heterocycles. The van der Waals surface area contributed by atoms with Crippen molar-refractivity contribution in [2.24, 2.45) is 5.92 Å². The predicted molar refractivity (Wildman–Crippen MR) is 75.3 cm³/mol. The van der Waals surface area contributed by atoms with Crippen LogP contribution in [0.5, 0.6) is 0 Å². The molecule has 20 heavy (non-hydrogen) atoms. The summed E-state index contributed by atoms with van der Waals surface area (Å²) >= 11 is 0. The van der Waals surface area contributed by atoms with E-state index in [0.717, 1.165) is 11.1 Å². The van der Waals surface area contributed by atoms with Crippen molar-refractivity contribution in [3.05, 3.63) is 52.4 Å². The third kappa shape index (κ3) is 1.98. The van der Waals surface area contributed by atoms with Crippen LogP contribution in [0.25, 0.3) is 6.08 Å².